The maximum absolute atomic E-state index is 13.0. The lowest BCUT2D eigenvalue weighted by molar-refractivity contribution is -0.143. The molecular formula is C24H24N2O5S. The molecule has 0 bridgehead atoms. The first-order valence-electron chi connectivity index (χ1n) is 10.4. The predicted molar refractivity (Wildman–Crippen MR) is 123 cm³/mol. The van der Waals surface area contributed by atoms with E-state index in [1.54, 1.807) is 23.6 Å². The number of rotatable bonds is 6. The minimum atomic E-state index is -0.526. The molecule has 2 heterocycles. The molecule has 0 spiro atoms. The molecule has 7 nitrogen and oxygen atoms in total. The number of carbonyl (C=O) groups excluding carboxylic acids is 2. The number of nitrogens with zero attached hydrogens (tertiary/aromatic N) is 2. The van der Waals surface area contributed by atoms with Crippen LogP contribution in [0.25, 0.3) is 21.2 Å². The van der Waals surface area contributed by atoms with Crippen LogP contribution < -0.4 is 9.54 Å². The zero-order valence-electron chi connectivity index (χ0n) is 18.4. The number of hydrogen-bond acceptors (Lipinski definition) is 6. The van der Waals surface area contributed by atoms with Gasteiger partial charge in [-0.2, -0.15) is 4.99 Å². The van der Waals surface area contributed by atoms with Crippen molar-refractivity contribution in [3.63, 3.8) is 0 Å². The molecule has 8 heteroatoms. The molecule has 166 valence electrons. The lowest BCUT2D eigenvalue weighted by atomic mass is 10.1. The van der Waals surface area contributed by atoms with Gasteiger partial charge in [0.2, 0.25) is 0 Å². The van der Waals surface area contributed by atoms with Crippen LogP contribution in [-0.4, -0.2) is 29.7 Å². The van der Waals surface area contributed by atoms with Crippen LogP contribution in [0.1, 0.15) is 35.5 Å². The fraction of sp³-hybridized carbons (Fsp3) is 0.292. The molecule has 0 saturated carbocycles. The molecule has 0 aliphatic carbocycles. The third-order valence-electron chi connectivity index (χ3n) is 4.92. The number of furan rings is 1. The van der Waals surface area contributed by atoms with E-state index < -0.39 is 5.91 Å². The quantitative estimate of drug-likeness (QED) is 0.394. The first-order chi connectivity index (χ1) is 15.4. The molecule has 0 fully saturated rings. The molecule has 32 heavy (non-hydrogen) atoms. The molecule has 4 aromatic rings. The van der Waals surface area contributed by atoms with Crippen LogP contribution in [0.5, 0.6) is 5.75 Å². The Kier molecular flexibility index (Phi) is 6.14. The number of benzene rings is 2. The van der Waals surface area contributed by atoms with Crippen molar-refractivity contribution >= 4 is 44.4 Å². The smallest absolute Gasteiger partial charge is 0.326 e. The highest BCUT2D eigenvalue weighted by Crippen LogP contribution is 2.29. The Labute approximate surface area is 188 Å². The Bertz CT molecular complexity index is 1390. The molecule has 4 rings (SSSR count). The number of para-hydroxylation sites is 1. The number of hydrogen-bond donors (Lipinski definition) is 0. The third kappa shape index (κ3) is 4.18. The average molecular weight is 453 g/mol. The van der Waals surface area contributed by atoms with Gasteiger partial charge in [0.05, 0.1) is 23.4 Å². The Morgan fingerprint density at radius 2 is 1.94 bits per heavy atom. The number of esters is 1. The summed E-state index contributed by atoms with van der Waals surface area (Å²) in [7, 11) is 0. The van der Waals surface area contributed by atoms with E-state index in [-0.39, 0.29) is 24.9 Å². The molecule has 1 amide bonds. The molecule has 0 saturated heterocycles. The minimum absolute atomic E-state index is 0.0303. The van der Waals surface area contributed by atoms with E-state index in [9.17, 15) is 9.59 Å². The van der Waals surface area contributed by atoms with Crippen molar-refractivity contribution in [2.45, 2.75) is 34.2 Å². The minimum Gasteiger partial charge on any atom is -0.490 e. The van der Waals surface area contributed by atoms with E-state index in [1.165, 1.54) is 11.3 Å². The van der Waals surface area contributed by atoms with Gasteiger partial charge in [-0.3, -0.25) is 9.59 Å². The summed E-state index contributed by atoms with van der Waals surface area (Å²) >= 11 is 1.36. The van der Waals surface area contributed by atoms with E-state index in [1.807, 2.05) is 39.0 Å². The third-order valence-corrected chi connectivity index (χ3v) is 6.15. The molecule has 0 N–H and O–H groups in total. The van der Waals surface area contributed by atoms with E-state index in [0.29, 0.717) is 22.7 Å². The molecule has 2 aromatic carbocycles. The van der Waals surface area contributed by atoms with Crippen molar-refractivity contribution in [1.29, 1.82) is 0 Å². The highest BCUT2D eigenvalue weighted by molar-refractivity contribution is 7.16. The Balaban J connectivity index is 1.83. The second kappa shape index (κ2) is 9.00. The first-order valence-corrected chi connectivity index (χ1v) is 11.2. The maximum atomic E-state index is 13.0. The fourth-order valence-corrected chi connectivity index (χ4v) is 4.72. The monoisotopic (exact) mass is 452 g/mol. The number of aryl methyl sites for hydroxylation is 2. The van der Waals surface area contributed by atoms with Crippen LogP contribution in [0.15, 0.2) is 45.8 Å². The predicted octanol–water partition coefficient (Wildman–Crippen LogP) is 4.77. The van der Waals surface area contributed by atoms with E-state index in [4.69, 9.17) is 13.9 Å². The number of carbonyl (C=O) groups is 2. The van der Waals surface area contributed by atoms with E-state index >= 15 is 0 Å². The summed E-state index contributed by atoms with van der Waals surface area (Å²) in [4.78, 5) is 30.0. The summed E-state index contributed by atoms with van der Waals surface area (Å²) in [6, 6.07) is 11.2. The summed E-state index contributed by atoms with van der Waals surface area (Å²) in [5.74, 6) is -0.220. The number of fused-ring (bicyclic) bond motifs is 2. The topological polar surface area (TPSA) is 83.0 Å². The van der Waals surface area contributed by atoms with Crippen LogP contribution in [0.2, 0.25) is 0 Å². The van der Waals surface area contributed by atoms with E-state index in [2.05, 4.69) is 11.1 Å². The Morgan fingerprint density at radius 1 is 1.12 bits per heavy atom. The van der Waals surface area contributed by atoms with Crippen molar-refractivity contribution in [1.82, 2.24) is 4.57 Å². The number of amides is 1. The van der Waals surface area contributed by atoms with Gasteiger partial charge in [0, 0.05) is 5.39 Å². The van der Waals surface area contributed by atoms with Gasteiger partial charge in [0.25, 0.3) is 0 Å². The van der Waals surface area contributed by atoms with Gasteiger partial charge in [-0.1, -0.05) is 29.5 Å². The normalized spacial score (nSPS) is 11.9. The summed E-state index contributed by atoms with van der Waals surface area (Å²) in [6.45, 7) is 8.38. The van der Waals surface area contributed by atoms with Gasteiger partial charge in [0.15, 0.2) is 21.9 Å². The van der Waals surface area contributed by atoms with Crippen molar-refractivity contribution in [2.24, 2.45) is 4.99 Å². The van der Waals surface area contributed by atoms with Gasteiger partial charge in [0.1, 0.15) is 6.54 Å². The second-order valence-corrected chi connectivity index (χ2v) is 8.32. The average Bonchev–Trinajstić information content (AvgIpc) is 3.32. The highest BCUT2D eigenvalue weighted by atomic mass is 32.1. The van der Waals surface area contributed by atoms with Gasteiger partial charge in [-0.25, -0.2) is 0 Å². The van der Waals surface area contributed by atoms with Crippen molar-refractivity contribution in [2.75, 3.05) is 13.2 Å². The number of thiazole rings is 1. The second-order valence-electron chi connectivity index (χ2n) is 7.34. The lowest BCUT2D eigenvalue weighted by Crippen LogP contribution is -2.23. The highest BCUT2D eigenvalue weighted by Gasteiger charge is 2.17. The van der Waals surface area contributed by atoms with Crippen LogP contribution in [0.3, 0.4) is 0 Å². The summed E-state index contributed by atoms with van der Waals surface area (Å²) in [6.07, 6.45) is 0. The largest absolute Gasteiger partial charge is 0.490 e. The SMILES string of the molecule is CCOC(=O)Cn1c(=NC(=O)c2cc3cccc(OCC)c3o2)sc2c(C)cc(C)cc21. The van der Waals surface area contributed by atoms with Crippen molar-refractivity contribution in [3.8, 4) is 5.75 Å². The molecule has 2 aromatic heterocycles. The molecular weight excluding hydrogens is 428 g/mol. The van der Waals surface area contributed by atoms with Crippen LogP contribution in [-0.2, 0) is 16.1 Å². The van der Waals surface area contributed by atoms with Crippen LogP contribution in [0, 0.1) is 13.8 Å². The van der Waals surface area contributed by atoms with Crippen LogP contribution >= 0.6 is 11.3 Å². The van der Waals surface area contributed by atoms with Crippen LogP contribution in [0.4, 0.5) is 0 Å². The van der Waals surface area contributed by atoms with Gasteiger partial charge >= 0.3 is 11.9 Å². The number of ether oxygens (including phenoxy) is 2. The van der Waals surface area contributed by atoms with Crippen molar-refractivity contribution in [3.05, 3.63) is 58.1 Å². The van der Waals surface area contributed by atoms with Gasteiger partial charge in [-0.05, 0) is 57.0 Å². The molecule has 0 aliphatic rings. The Hall–Kier alpha value is -3.39. The first kappa shape index (κ1) is 21.8. The summed E-state index contributed by atoms with van der Waals surface area (Å²) < 4.78 is 19.2. The maximum Gasteiger partial charge on any atom is 0.326 e. The standard InChI is InChI=1S/C24H24N2O5S/c1-5-29-18-9-7-8-16-12-19(31-21(16)18)23(28)25-24-26(13-20(27)30-6-2)17-11-14(3)10-15(4)22(17)32-24/h7-12H,5-6,13H2,1-4H3. The molecule has 0 atom stereocenters. The lowest BCUT2D eigenvalue weighted by Gasteiger charge is -2.06. The van der Waals surface area contributed by atoms with Gasteiger partial charge in [-0.15, -0.1) is 0 Å². The van der Waals surface area contributed by atoms with Crippen molar-refractivity contribution < 1.29 is 23.5 Å². The number of aromatic nitrogens is 1. The fourth-order valence-electron chi connectivity index (χ4n) is 3.64. The summed E-state index contributed by atoms with van der Waals surface area (Å²) in [5.41, 5.74) is 3.47. The zero-order chi connectivity index (χ0) is 22.8. The molecule has 0 aliphatic heterocycles. The van der Waals surface area contributed by atoms with Gasteiger partial charge < -0.3 is 18.5 Å². The van der Waals surface area contributed by atoms with E-state index in [0.717, 1.165) is 26.7 Å². The molecule has 0 radical (unpaired) electrons. The Morgan fingerprint density at radius 3 is 2.69 bits per heavy atom. The summed E-state index contributed by atoms with van der Waals surface area (Å²) in [5, 5.41) is 0.761. The molecule has 0 unspecified atom stereocenters. The zero-order valence-corrected chi connectivity index (χ0v) is 19.2.